The Kier molecular flexibility index (Phi) is 4.05. The molecule has 0 bridgehead atoms. The Hall–Kier alpha value is -1.62. The third-order valence-electron chi connectivity index (χ3n) is 1.67. The molecule has 0 spiro atoms. The first-order valence-corrected chi connectivity index (χ1v) is 4.82. The van der Waals surface area contributed by atoms with Gasteiger partial charge in [0.15, 0.2) is 11.2 Å². The quantitative estimate of drug-likeness (QED) is 0.746. The largest absolute Gasteiger partial charge is 0.481 e. The first-order chi connectivity index (χ1) is 7.09. The van der Waals surface area contributed by atoms with Gasteiger partial charge in [-0.25, -0.2) is 0 Å². The third kappa shape index (κ3) is 3.95. The predicted octanol–water partition coefficient (Wildman–Crippen LogP) is 0.814. The Morgan fingerprint density at radius 1 is 1.47 bits per heavy atom. The minimum Gasteiger partial charge on any atom is -0.481 e. The van der Waals surface area contributed by atoms with Crippen LogP contribution in [0.25, 0.3) is 0 Å². The molecule has 0 saturated carbocycles. The van der Waals surface area contributed by atoms with Crippen molar-refractivity contribution in [3.05, 3.63) is 30.3 Å². The van der Waals surface area contributed by atoms with Crippen LogP contribution in [-0.4, -0.2) is 17.1 Å². The van der Waals surface area contributed by atoms with Gasteiger partial charge in [-0.1, -0.05) is 18.2 Å². The predicted molar refractivity (Wildman–Crippen MR) is 61.5 cm³/mol. The highest BCUT2D eigenvalue weighted by Gasteiger charge is 2.14. The second-order valence-electron chi connectivity index (χ2n) is 2.93. The summed E-state index contributed by atoms with van der Waals surface area (Å²) in [5.74, 6) is 0.273. The average Bonchev–Trinajstić information content (AvgIpc) is 2.18. The number of nitrogens with two attached hydrogens (primary N) is 1. The van der Waals surface area contributed by atoms with Crippen LogP contribution < -0.4 is 15.8 Å². The molecule has 80 valence electrons. The van der Waals surface area contributed by atoms with Crippen molar-refractivity contribution in [2.75, 3.05) is 0 Å². The summed E-state index contributed by atoms with van der Waals surface area (Å²) in [6, 6.07) is 9.06. The second-order valence-corrected chi connectivity index (χ2v) is 3.37. The third-order valence-corrected chi connectivity index (χ3v) is 1.77. The monoisotopic (exact) mass is 224 g/mol. The average molecular weight is 224 g/mol. The van der Waals surface area contributed by atoms with Crippen molar-refractivity contribution in [2.45, 2.75) is 13.0 Å². The van der Waals surface area contributed by atoms with Gasteiger partial charge < -0.3 is 15.8 Å². The highest BCUT2D eigenvalue weighted by molar-refractivity contribution is 7.80. The Morgan fingerprint density at radius 2 is 2.07 bits per heavy atom. The van der Waals surface area contributed by atoms with Gasteiger partial charge in [-0.15, -0.1) is 0 Å². The smallest absolute Gasteiger partial charge is 0.266 e. The van der Waals surface area contributed by atoms with E-state index in [1.165, 1.54) is 0 Å². The Balaban J connectivity index is 2.52. The van der Waals surface area contributed by atoms with Crippen molar-refractivity contribution in [1.82, 2.24) is 5.32 Å². The molecule has 15 heavy (non-hydrogen) atoms. The molecule has 0 radical (unpaired) electrons. The minimum absolute atomic E-state index is 0.0523. The van der Waals surface area contributed by atoms with Crippen molar-refractivity contribution in [3.8, 4) is 5.75 Å². The van der Waals surface area contributed by atoms with E-state index >= 15 is 0 Å². The van der Waals surface area contributed by atoms with E-state index in [0.29, 0.717) is 5.75 Å². The molecule has 0 aliphatic heterocycles. The van der Waals surface area contributed by atoms with E-state index in [2.05, 4.69) is 17.5 Å². The zero-order valence-corrected chi connectivity index (χ0v) is 9.08. The van der Waals surface area contributed by atoms with Gasteiger partial charge in [0.25, 0.3) is 5.91 Å². The fraction of sp³-hybridized carbons (Fsp3) is 0.200. The molecule has 1 aromatic rings. The van der Waals surface area contributed by atoms with Gasteiger partial charge >= 0.3 is 0 Å². The maximum Gasteiger partial charge on any atom is 0.266 e. The summed E-state index contributed by atoms with van der Waals surface area (Å²) >= 11 is 4.55. The summed E-state index contributed by atoms with van der Waals surface area (Å²) in [6.45, 7) is 1.63. The summed E-state index contributed by atoms with van der Waals surface area (Å²) in [4.78, 5) is 11.4. The number of benzene rings is 1. The van der Waals surface area contributed by atoms with Gasteiger partial charge in [-0.05, 0) is 31.3 Å². The standard InChI is InChI=1S/C10H12N2O2S/c1-7(9(13)12-10(11)15)14-8-5-3-2-4-6-8/h2-7H,1H3,(H3,11,12,13,15). The molecule has 0 aliphatic carbocycles. The van der Waals surface area contributed by atoms with Gasteiger partial charge in [0.05, 0.1) is 0 Å². The molecule has 0 aliphatic rings. The molecule has 1 unspecified atom stereocenters. The van der Waals surface area contributed by atoms with E-state index in [0.717, 1.165) is 0 Å². The number of carbonyl (C=O) groups excluding carboxylic acids is 1. The number of rotatable bonds is 3. The van der Waals surface area contributed by atoms with Crippen LogP contribution in [0.2, 0.25) is 0 Å². The van der Waals surface area contributed by atoms with Crippen molar-refractivity contribution in [2.24, 2.45) is 5.73 Å². The molecule has 1 amide bonds. The van der Waals surface area contributed by atoms with Crippen molar-refractivity contribution < 1.29 is 9.53 Å². The summed E-state index contributed by atoms with van der Waals surface area (Å²) in [5.41, 5.74) is 5.17. The Morgan fingerprint density at radius 3 is 2.60 bits per heavy atom. The van der Waals surface area contributed by atoms with Crippen LogP contribution >= 0.6 is 12.2 Å². The van der Waals surface area contributed by atoms with Crippen LogP contribution in [0.4, 0.5) is 0 Å². The maximum atomic E-state index is 11.4. The number of ether oxygens (including phenoxy) is 1. The van der Waals surface area contributed by atoms with E-state index in [1.54, 1.807) is 19.1 Å². The van der Waals surface area contributed by atoms with E-state index < -0.39 is 6.10 Å². The molecular weight excluding hydrogens is 212 g/mol. The second kappa shape index (κ2) is 5.31. The van der Waals surface area contributed by atoms with Crippen molar-refractivity contribution >= 4 is 23.2 Å². The van der Waals surface area contributed by atoms with Gasteiger partial charge in [0.2, 0.25) is 0 Å². The van der Waals surface area contributed by atoms with Gasteiger partial charge in [-0.3, -0.25) is 4.79 Å². The highest BCUT2D eigenvalue weighted by Crippen LogP contribution is 2.10. The first-order valence-electron chi connectivity index (χ1n) is 4.41. The zero-order chi connectivity index (χ0) is 11.3. The van der Waals surface area contributed by atoms with Crippen LogP contribution in [0.1, 0.15) is 6.92 Å². The molecule has 1 aromatic carbocycles. The molecule has 1 atom stereocenters. The Labute approximate surface area is 93.4 Å². The SMILES string of the molecule is CC(Oc1ccccc1)C(=O)NC(N)=S. The number of carbonyl (C=O) groups is 1. The fourth-order valence-electron chi connectivity index (χ4n) is 0.980. The number of nitrogens with one attached hydrogen (secondary N) is 1. The topological polar surface area (TPSA) is 64.3 Å². The number of hydrogen-bond donors (Lipinski definition) is 2. The van der Waals surface area contributed by atoms with Crippen LogP contribution in [0.15, 0.2) is 30.3 Å². The molecule has 0 heterocycles. The lowest BCUT2D eigenvalue weighted by molar-refractivity contribution is -0.125. The number of para-hydroxylation sites is 1. The van der Waals surface area contributed by atoms with Crippen molar-refractivity contribution in [3.63, 3.8) is 0 Å². The summed E-state index contributed by atoms with van der Waals surface area (Å²) in [5, 5.41) is 2.26. The molecular formula is C10H12N2O2S. The van der Waals surface area contributed by atoms with E-state index in [-0.39, 0.29) is 11.0 Å². The zero-order valence-electron chi connectivity index (χ0n) is 8.27. The van der Waals surface area contributed by atoms with Crippen LogP contribution in [0.3, 0.4) is 0 Å². The number of thiocarbonyl (C=S) groups is 1. The Bertz CT molecular complexity index is 354. The molecule has 0 saturated heterocycles. The first kappa shape index (κ1) is 11.5. The lowest BCUT2D eigenvalue weighted by atomic mass is 10.3. The van der Waals surface area contributed by atoms with Crippen molar-refractivity contribution in [1.29, 1.82) is 0 Å². The lowest BCUT2D eigenvalue weighted by Crippen LogP contribution is -2.42. The van der Waals surface area contributed by atoms with Crippen LogP contribution in [0, 0.1) is 0 Å². The summed E-state index contributed by atoms with van der Waals surface area (Å²) in [6.07, 6.45) is -0.631. The van der Waals surface area contributed by atoms with Gasteiger partial charge in [-0.2, -0.15) is 0 Å². The molecule has 3 N–H and O–H groups in total. The van der Waals surface area contributed by atoms with Gasteiger partial charge in [0, 0.05) is 0 Å². The molecule has 5 heteroatoms. The van der Waals surface area contributed by atoms with E-state index in [9.17, 15) is 4.79 Å². The minimum atomic E-state index is -0.631. The van der Waals surface area contributed by atoms with Crippen LogP contribution in [0.5, 0.6) is 5.75 Å². The summed E-state index contributed by atoms with van der Waals surface area (Å²) < 4.78 is 5.35. The normalized spacial score (nSPS) is 11.5. The molecule has 1 rings (SSSR count). The molecule has 4 nitrogen and oxygen atoms in total. The summed E-state index contributed by atoms with van der Waals surface area (Å²) in [7, 11) is 0. The van der Waals surface area contributed by atoms with Crippen LogP contribution in [-0.2, 0) is 4.79 Å². The molecule has 0 fully saturated rings. The highest BCUT2D eigenvalue weighted by atomic mass is 32.1. The number of amides is 1. The van der Waals surface area contributed by atoms with E-state index in [4.69, 9.17) is 10.5 Å². The van der Waals surface area contributed by atoms with E-state index in [1.807, 2.05) is 18.2 Å². The maximum absolute atomic E-state index is 11.4. The fourth-order valence-corrected chi connectivity index (χ4v) is 1.08. The van der Waals surface area contributed by atoms with Gasteiger partial charge in [0.1, 0.15) is 5.75 Å². The number of hydrogen-bond acceptors (Lipinski definition) is 3. The molecule has 0 aromatic heterocycles. The lowest BCUT2D eigenvalue weighted by Gasteiger charge is -2.13.